The summed E-state index contributed by atoms with van der Waals surface area (Å²) in [5.41, 5.74) is -0.621. The third kappa shape index (κ3) is 3.93. The van der Waals surface area contributed by atoms with Gasteiger partial charge in [-0.2, -0.15) is 15.0 Å². The van der Waals surface area contributed by atoms with E-state index in [0.717, 1.165) is 19.3 Å². The quantitative estimate of drug-likeness (QED) is 0.696. The highest BCUT2D eigenvalue weighted by molar-refractivity contribution is 5.36. The number of anilines is 2. The molecule has 7 heteroatoms. The molecule has 7 nitrogen and oxygen atoms in total. The van der Waals surface area contributed by atoms with Crippen LogP contribution in [0.25, 0.3) is 0 Å². The van der Waals surface area contributed by atoms with Gasteiger partial charge in [0.05, 0.1) is 11.7 Å². The Labute approximate surface area is 119 Å². The summed E-state index contributed by atoms with van der Waals surface area (Å²) in [5.74, 6) is 0.896. The zero-order valence-electron chi connectivity index (χ0n) is 12.3. The Bertz CT molecular complexity index is 448. The van der Waals surface area contributed by atoms with E-state index in [9.17, 15) is 5.11 Å². The molecule has 1 aliphatic carbocycles. The highest BCUT2D eigenvalue weighted by Crippen LogP contribution is 2.31. The van der Waals surface area contributed by atoms with Gasteiger partial charge < -0.3 is 20.5 Å². The summed E-state index contributed by atoms with van der Waals surface area (Å²) >= 11 is 0. The molecule has 0 radical (unpaired) electrons. The lowest BCUT2D eigenvalue weighted by Crippen LogP contribution is -2.43. The lowest BCUT2D eigenvalue weighted by Gasteiger charge is -2.36. The Morgan fingerprint density at radius 2 is 1.85 bits per heavy atom. The van der Waals surface area contributed by atoms with Crippen molar-refractivity contribution in [2.45, 2.75) is 51.7 Å². The molecule has 112 valence electrons. The molecule has 1 heterocycles. The van der Waals surface area contributed by atoms with Crippen LogP contribution in [0.5, 0.6) is 6.01 Å². The van der Waals surface area contributed by atoms with Gasteiger partial charge in [-0.15, -0.1) is 0 Å². The summed E-state index contributed by atoms with van der Waals surface area (Å²) in [5, 5.41) is 16.2. The average Bonchev–Trinajstić information content (AvgIpc) is 2.33. The van der Waals surface area contributed by atoms with Gasteiger partial charge in [0, 0.05) is 13.1 Å². The molecule has 3 N–H and O–H groups in total. The average molecular weight is 281 g/mol. The van der Waals surface area contributed by atoms with Crippen molar-refractivity contribution in [3.05, 3.63) is 0 Å². The fraction of sp³-hybridized carbons (Fsp3) is 0.769. The Balaban J connectivity index is 2.06. The predicted octanol–water partition coefficient (Wildman–Crippen LogP) is 1.42. The van der Waals surface area contributed by atoms with Gasteiger partial charge in [0.1, 0.15) is 0 Å². The molecule has 1 aromatic rings. The maximum atomic E-state index is 10.1. The van der Waals surface area contributed by atoms with Crippen LogP contribution < -0.4 is 15.4 Å². The molecule has 1 fully saturated rings. The van der Waals surface area contributed by atoms with Crippen LogP contribution in [0.3, 0.4) is 0 Å². The third-order valence-corrected chi connectivity index (χ3v) is 3.15. The van der Waals surface area contributed by atoms with Gasteiger partial charge in [0.15, 0.2) is 0 Å². The van der Waals surface area contributed by atoms with Crippen molar-refractivity contribution < 1.29 is 9.84 Å². The minimum absolute atomic E-state index is 0.00413. The first kappa shape index (κ1) is 14.8. The van der Waals surface area contributed by atoms with Crippen LogP contribution >= 0.6 is 0 Å². The molecule has 1 saturated carbocycles. The molecule has 0 aromatic carbocycles. The largest absolute Gasteiger partial charge is 0.461 e. The highest BCUT2D eigenvalue weighted by atomic mass is 16.5. The van der Waals surface area contributed by atoms with Gasteiger partial charge >= 0.3 is 6.01 Å². The second-order valence-electron chi connectivity index (χ2n) is 5.39. The maximum absolute atomic E-state index is 10.1. The smallest absolute Gasteiger partial charge is 0.323 e. The van der Waals surface area contributed by atoms with Crippen molar-refractivity contribution >= 4 is 11.9 Å². The molecule has 20 heavy (non-hydrogen) atoms. The fourth-order valence-corrected chi connectivity index (χ4v) is 1.94. The van der Waals surface area contributed by atoms with E-state index in [2.05, 4.69) is 25.6 Å². The number of hydrogen-bond acceptors (Lipinski definition) is 7. The summed E-state index contributed by atoms with van der Waals surface area (Å²) in [4.78, 5) is 12.7. The summed E-state index contributed by atoms with van der Waals surface area (Å²) < 4.78 is 5.51. The second-order valence-corrected chi connectivity index (χ2v) is 5.39. The number of aromatic nitrogens is 3. The predicted molar refractivity (Wildman–Crippen MR) is 77.0 cm³/mol. The molecule has 0 amide bonds. The van der Waals surface area contributed by atoms with E-state index >= 15 is 0 Å². The van der Waals surface area contributed by atoms with E-state index in [4.69, 9.17) is 4.74 Å². The number of hydrogen-bond donors (Lipinski definition) is 3. The minimum Gasteiger partial charge on any atom is -0.461 e. The summed E-state index contributed by atoms with van der Waals surface area (Å²) in [7, 11) is 0. The number of nitrogens with zero attached hydrogens (tertiary/aromatic N) is 3. The van der Waals surface area contributed by atoms with Crippen molar-refractivity contribution in [2.75, 3.05) is 23.7 Å². The van der Waals surface area contributed by atoms with E-state index < -0.39 is 5.60 Å². The molecule has 0 unspecified atom stereocenters. The van der Waals surface area contributed by atoms with Crippen LogP contribution in [-0.2, 0) is 0 Å². The van der Waals surface area contributed by atoms with Crippen LogP contribution in [0.15, 0.2) is 0 Å². The van der Waals surface area contributed by atoms with Crippen molar-refractivity contribution in [1.82, 2.24) is 15.0 Å². The molecular formula is C13H23N5O2. The molecule has 0 aliphatic heterocycles. The van der Waals surface area contributed by atoms with E-state index in [1.54, 1.807) is 0 Å². The zero-order valence-corrected chi connectivity index (χ0v) is 12.3. The third-order valence-electron chi connectivity index (χ3n) is 3.15. The van der Waals surface area contributed by atoms with Crippen LogP contribution in [0.2, 0.25) is 0 Å². The van der Waals surface area contributed by atoms with Gasteiger partial charge in [-0.25, -0.2) is 0 Å². The Hall–Kier alpha value is -1.63. The second kappa shape index (κ2) is 6.21. The molecule has 0 atom stereocenters. The number of aliphatic hydroxyl groups is 1. The van der Waals surface area contributed by atoms with E-state index in [-0.39, 0.29) is 12.1 Å². The number of ether oxygens (including phenoxy) is 1. The van der Waals surface area contributed by atoms with Gasteiger partial charge in [-0.1, -0.05) is 0 Å². The molecule has 2 rings (SSSR count). The number of rotatable bonds is 7. The van der Waals surface area contributed by atoms with E-state index in [1.807, 2.05) is 20.8 Å². The van der Waals surface area contributed by atoms with Crippen molar-refractivity contribution in [2.24, 2.45) is 0 Å². The first-order valence-electron chi connectivity index (χ1n) is 7.13. The summed E-state index contributed by atoms with van der Waals surface area (Å²) in [6, 6.07) is 0.286. The maximum Gasteiger partial charge on any atom is 0.323 e. The fourth-order valence-electron chi connectivity index (χ4n) is 1.94. The highest BCUT2D eigenvalue weighted by Gasteiger charge is 2.34. The van der Waals surface area contributed by atoms with Gasteiger partial charge in [-0.3, -0.25) is 0 Å². The summed E-state index contributed by atoms with van der Waals surface area (Å²) in [6.07, 6.45) is 2.70. The lowest BCUT2D eigenvalue weighted by molar-refractivity contribution is -0.0203. The van der Waals surface area contributed by atoms with Crippen LogP contribution in [-0.4, -0.2) is 44.9 Å². The standard InChI is InChI=1S/C13H23N5O2/c1-4-14-10-16-11(15-8-13(19)6-5-7-13)18-12(17-10)20-9(2)3/h9,19H,4-8H2,1-3H3,(H2,14,15,16,17,18). The Morgan fingerprint density at radius 1 is 1.20 bits per heavy atom. The first-order chi connectivity index (χ1) is 9.50. The van der Waals surface area contributed by atoms with Crippen LogP contribution in [0.4, 0.5) is 11.9 Å². The molecule has 0 bridgehead atoms. The Kier molecular flexibility index (Phi) is 4.59. The van der Waals surface area contributed by atoms with Crippen LogP contribution in [0.1, 0.15) is 40.0 Å². The van der Waals surface area contributed by atoms with Gasteiger partial charge in [0.25, 0.3) is 0 Å². The molecule has 0 spiro atoms. The SMILES string of the molecule is CCNc1nc(NCC2(O)CCC2)nc(OC(C)C)n1. The normalized spacial score (nSPS) is 16.6. The van der Waals surface area contributed by atoms with Gasteiger partial charge in [-0.05, 0) is 40.0 Å². The molecule has 1 aromatic heterocycles. The Morgan fingerprint density at radius 3 is 2.35 bits per heavy atom. The van der Waals surface area contributed by atoms with Crippen molar-refractivity contribution in [3.8, 4) is 6.01 Å². The first-order valence-corrected chi connectivity index (χ1v) is 7.13. The van der Waals surface area contributed by atoms with Crippen molar-refractivity contribution in [1.29, 1.82) is 0 Å². The molecule has 1 aliphatic rings. The molecular weight excluding hydrogens is 258 g/mol. The topological polar surface area (TPSA) is 92.2 Å². The minimum atomic E-state index is -0.621. The van der Waals surface area contributed by atoms with Crippen molar-refractivity contribution in [3.63, 3.8) is 0 Å². The van der Waals surface area contributed by atoms with Crippen LogP contribution in [0, 0.1) is 0 Å². The van der Waals surface area contributed by atoms with Gasteiger partial charge in [0.2, 0.25) is 11.9 Å². The van der Waals surface area contributed by atoms with E-state index in [0.29, 0.717) is 25.0 Å². The van der Waals surface area contributed by atoms with E-state index in [1.165, 1.54) is 0 Å². The lowest BCUT2D eigenvalue weighted by atomic mass is 9.80. The monoisotopic (exact) mass is 281 g/mol. The summed E-state index contributed by atoms with van der Waals surface area (Å²) in [6.45, 7) is 6.97. The molecule has 0 saturated heterocycles. The zero-order chi connectivity index (χ0) is 14.6. The number of nitrogens with one attached hydrogen (secondary N) is 2.